The van der Waals surface area contributed by atoms with Gasteiger partial charge in [0.25, 0.3) is 5.56 Å². The minimum Gasteiger partial charge on any atom is -0.324 e. The van der Waals surface area contributed by atoms with Gasteiger partial charge in [0, 0.05) is 12.1 Å². The fourth-order valence-corrected chi connectivity index (χ4v) is 4.26. The smallest absolute Gasteiger partial charge is 0.262 e. The molecule has 0 radical (unpaired) electrons. The maximum absolute atomic E-state index is 12.4. The Bertz CT molecular complexity index is 1020. The molecule has 0 saturated carbocycles. The standard InChI is InChI=1S/C16H13Cl2N3O2S2/c1-8(13(22)19-12-4-3-9(17)7-11(12)18)25-16-20-14-10(5-6-24-14)15(23)21(16)2/h3-8H,1-2H3,(H,19,22). The largest absolute Gasteiger partial charge is 0.324 e. The predicted molar refractivity (Wildman–Crippen MR) is 105 cm³/mol. The van der Waals surface area contributed by atoms with E-state index in [9.17, 15) is 9.59 Å². The van der Waals surface area contributed by atoms with Crippen LogP contribution in [0.2, 0.25) is 10.0 Å². The summed E-state index contributed by atoms with van der Waals surface area (Å²) in [6, 6.07) is 6.61. The van der Waals surface area contributed by atoms with Crippen molar-refractivity contribution in [1.29, 1.82) is 0 Å². The van der Waals surface area contributed by atoms with E-state index < -0.39 is 5.25 Å². The third kappa shape index (κ3) is 3.84. The van der Waals surface area contributed by atoms with Crippen LogP contribution in [-0.2, 0) is 11.8 Å². The maximum Gasteiger partial charge on any atom is 0.262 e. The molecular formula is C16H13Cl2N3O2S2. The summed E-state index contributed by atoms with van der Waals surface area (Å²) >= 11 is 14.5. The average Bonchev–Trinajstić information content (AvgIpc) is 3.03. The fourth-order valence-electron chi connectivity index (χ4n) is 2.12. The number of benzene rings is 1. The zero-order valence-corrected chi connectivity index (χ0v) is 16.4. The van der Waals surface area contributed by atoms with Crippen LogP contribution < -0.4 is 10.9 Å². The van der Waals surface area contributed by atoms with Crippen LogP contribution in [0.3, 0.4) is 0 Å². The van der Waals surface area contributed by atoms with Gasteiger partial charge >= 0.3 is 0 Å². The SMILES string of the molecule is CC(Sc1nc2sccc2c(=O)n1C)C(=O)Nc1ccc(Cl)cc1Cl. The Morgan fingerprint density at radius 1 is 1.36 bits per heavy atom. The highest BCUT2D eigenvalue weighted by atomic mass is 35.5. The van der Waals surface area contributed by atoms with E-state index in [1.807, 2.05) is 5.38 Å². The van der Waals surface area contributed by atoms with E-state index in [-0.39, 0.29) is 11.5 Å². The number of hydrogen-bond acceptors (Lipinski definition) is 5. The number of carbonyl (C=O) groups excluding carboxylic acids is 1. The summed E-state index contributed by atoms with van der Waals surface area (Å²) in [6.45, 7) is 1.74. The van der Waals surface area contributed by atoms with Crippen LogP contribution in [0.15, 0.2) is 39.6 Å². The number of carbonyl (C=O) groups is 1. The number of rotatable bonds is 4. The van der Waals surface area contributed by atoms with Gasteiger partial charge in [-0.3, -0.25) is 14.2 Å². The number of anilines is 1. The molecule has 0 aliphatic carbocycles. The molecule has 2 heterocycles. The number of thioether (sulfide) groups is 1. The van der Waals surface area contributed by atoms with E-state index in [0.29, 0.717) is 31.1 Å². The van der Waals surface area contributed by atoms with E-state index in [1.165, 1.54) is 27.7 Å². The zero-order chi connectivity index (χ0) is 18.1. The minimum atomic E-state index is -0.470. The lowest BCUT2D eigenvalue weighted by atomic mass is 10.3. The molecule has 1 aromatic carbocycles. The van der Waals surface area contributed by atoms with Crippen molar-refractivity contribution in [3.63, 3.8) is 0 Å². The second-order valence-corrected chi connectivity index (χ2v) is 8.32. The molecule has 0 spiro atoms. The number of aromatic nitrogens is 2. The lowest BCUT2D eigenvalue weighted by Gasteiger charge is -2.14. The number of thiophene rings is 1. The number of nitrogens with zero attached hydrogens (tertiary/aromatic N) is 2. The second kappa shape index (κ2) is 7.37. The monoisotopic (exact) mass is 413 g/mol. The van der Waals surface area contributed by atoms with Crippen molar-refractivity contribution in [2.45, 2.75) is 17.3 Å². The van der Waals surface area contributed by atoms with Crippen molar-refractivity contribution in [1.82, 2.24) is 9.55 Å². The number of hydrogen-bond donors (Lipinski definition) is 1. The average molecular weight is 414 g/mol. The normalized spacial score (nSPS) is 12.3. The van der Waals surface area contributed by atoms with Gasteiger partial charge in [-0.25, -0.2) is 4.98 Å². The van der Waals surface area contributed by atoms with Crippen LogP contribution in [0.5, 0.6) is 0 Å². The first-order chi connectivity index (χ1) is 11.9. The molecule has 0 saturated heterocycles. The number of amides is 1. The highest BCUT2D eigenvalue weighted by Gasteiger charge is 2.19. The third-order valence-corrected chi connectivity index (χ3v) is 6.00. The summed E-state index contributed by atoms with van der Waals surface area (Å²) in [4.78, 5) is 29.9. The highest BCUT2D eigenvalue weighted by molar-refractivity contribution is 8.00. The molecule has 1 unspecified atom stereocenters. The molecule has 3 aromatic rings. The van der Waals surface area contributed by atoms with Crippen LogP contribution in [0.4, 0.5) is 5.69 Å². The molecule has 9 heteroatoms. The number of fused-ring (bicyclic) bond motifs is 1. The van der Waals surface area contributed by atoms with E-state index in [0.717, 1.165) is 0 Å². The van der Waals surface area contributed by atoms with E-state index in [1.54, 1.807) is 38.2 Å². The summed E-state index contributed by atoms with van der Waals surface area (Å²) in [7, 11) is 1.65. The van der Waals surface area contributed by atoms with Gasteiger partial charge in [-0.1, -0.05) is 35.0 Å². The van der Waals surface area contributed by atoms with Gasteiger partial charge in [-0.05, 0) is 36.6 Å². The van der Waals surface area contributed by atoms with Crippen LogP contribution in [0.1, 0.15) is 6.92 Å². The molecular weight excluding hydrogens is 401 g/mol. The Hall–Kier alpha value is -1.54. The van der Waals surface area contributed by atoms with Crippen LogP contribution in [0, 0.1) is 0 Å². The van der Waals surface area contributed by atoms with Crippen LogP contribution in [0.25, 0.3) is 10.2 Å². The Balaban J connectivity index is 1.79. The second-order valence-electron chi connectivity index (χ2n) is 5.27. The van der Waals surface area contributed by atoms with Crippen molar-refractivity contribution in [2.75, 3.05) is 5.32 Å². The van der Waals surface area contributed by atoms with Crippen molar-refractivity contribution in [3.8, 4) is 0 Å². The molecule has 0 aliphatic heterocycles. The van der Waals surface area contributed by atoms with Crippen molar-refractivity contribution < 1.29 is 4.79 Å². The van der Waals surface area contributed by atoms with Gasteiger partial charge in [-0.2, -0.15) is 0 Å². The molecule has 2 aromatic heterocycles. The Labute approximate surface area is 162 Å². The van der Waals surface area contributed by atoms with Crippen molar-refractivity contribution in [2.24, 2.45) is 7.05 Å². The van der Waals surface area contributed by atoms with Gasteiger partial charge in [-0.15, -0.1) is 11.3 Å². The van der Waals surface area contributed by atoms with Crippen LogP contribution >= 0.6 is 46.3 Å². The summed E-state index contributed by atoms with van der Waals surface area (Å²) in [5.41, 5.74) is 0.362. The van der Waals surface area contributed by atoms with Gasteiger partial charge in [0.2, 0.25) is 5.91 Å². The molecule has 1 amide bonds. The molecule has 1 N–H and O–H groups in total. The quantitative estimate of drug-likeness (QED) is 0.507. The third-order valence-electron chi connectivity index (χ3n) is 3.50. The minimum absolute atomic E-state index is 0.123. The summed E-state index contributed by atoms with van der Waals surface area (Å²) < 4.78 is 1.46. The Morgan fingerprint density at radius 3 is 2.84 bits per heavy atom. The van der Waals surface area contributed by atoms with Gasteiger partial charge in [0.05, 0.1) is 21.3 Å². The number of nitrogens with one attached hydrogen (secondary N) is 1. The predicted octanol–water partition coefficient (Wildman–Crippen LogP) is 4.42. The maximum atomic E-state index is 12.4. The lowest BCUT2D eigenvalue weighted by molar-refractivity contribution is -0.115. The molecule has 130 valence electrons. The molecule has 0 fully saturated rings. The fraction of sp³-hybridized carbons (Fsp3) is 0.188. The molecule has 5 nitrogen and oxygen atoms in total. The Kier molecular flexibility index (Phi) is 5.38. The lowest BCUT2D eigenvalue weighted by Crippen LogP contribution is -2.25. The molecule has 25 heavy (non-hydrogen) atoms. The van der Waals surface area contributed by atoms with Crippen molar-refractivity contribution in [3.05, 3.63) is 50.0 Å². The van der Waals surface area contributed by atoms with E-state index in [2.05, 4.69) is 10.3 Å². The molecule has 0 bridgehead atoms. The summed E-state index contributed by atoms with van der Waals surface area (Å²) in [6.07, 6.45) is 0. The van der Waals surface area contributed by atoms with Crippen molar-refractivity contribution >= 4 is 68.1 Å². The highest BCUT2D eigenvalue weighted by Crippen LogP contribution is 2.28. The van der Waals surface area contributed by atoms with Gasteiger partial charge < -0.3 is 5.32 Å². The molecule has 0 aliphatic rings. The van der Waals surface area contributed by atoms with Gasteiger partial charge in [0.1, 0.15) is 4.83 Å². The summed E-state index contributed by atoms with van der Waals surface area (Å²) in [5, 5.41) is 6.05. The first kappa shape index (κ1) is 18.3. The number of halogens is 2. The Morgan fingerprint density at radius 2 is 2.12 bits per heavy atom. The topological polar surface area (TPSA) is 64.0 Å². The van der Waals surface area contributed by atoms with Crippen LogP contribution in [-0.4, -0.2) is 20.7 Å². The molecule has 3 rings (SSSR count). The van der Waals surface area contributed by atoms with E-state index in [4.69, 9.17) is 23.2 Å². The first-order valence-electron chi connectivity index (χ1n) is 7.23. The molecule has 1 atom stereocenters. The zero-order valence-electron chi connectivity index (χ0n) is 13.2. The summed E-state index contributed by atoms with van der Waals surface area (Å²) in [5.74, 6) is -0.241. The first-order valence-corrected chi connectivity index (χ1v) is 9.75. The van der Waals surface area contributed by atoms with Gasteiger partial charge in [0.15, 0.2) is 5.16 Å². The van der Waals surface area contributed by atoms with E-state index >= 15 is 0 Å².